The predicted octanol–water partition coefficient (Wildman–Crippen LogP) is 0.716. The molecule has 1 heterocycles. The molecule has 1 saturated heterocycles. The van der Waals surface area contributed by atoms with Gasteiger partial charge in [0.15, 0.2) is 0 Å². The lowest BCUT2D eigenvalue weighted by molar-refractivity contribution is -0.661. The molecule has 0 unspecified atom stereocenters. The van der Waals surface area contributed by atoms with Crippen LogP contribution in [0.3, 0.4) is 0 Å². The Morgan fingerprint density at radius 1 is 1.53 bits per heavy atom. The molecule has 1 atom stereocenters. The molecule has 1 aliphatic heterocycles. The van der Waals surface area contributed by atoms with Gasteiger partial charge in [0, 0.05) is 12.7 Å². The van der Waals surface area contributed by atoms with Crippen LogP contribution in [-0.2, 0) is 4.74 Å². The summed E-state index contributed by atoms with van der Waals surface area (Å²) in [7, 11) is 0. The second-order valence-electron chi connectivity index (χ2n) is 4.55. The lowest BCUT2D eigenvalue weighted by Crippen LogP contribution is -2.87. The summed E-state index contributed by atoms with van der Waals surface area (Å²) in [4.78, 5) is 10.2. The quantitative estimate of drug-likeness (QED) is 0.448. The minimum absolute atomic E-state index is 0.0563. The summed E-state index contributed by atoms with van der Waals surface area (Å²) in [6, 6.07) is 6.26. The molecule has 0 amide bonds. The monoisotopic (exact) mass is 267 g/mol. The van der Waals surface area contributed by atoms with Crippen molar-refractivity contribution in [2.24, 2.45) is 0 Å². The summed E-state index contributed by atoms with van der Waals surface area (Å²) in [6.07, 6.45) is 2.67. The molecule has 0 spiro atoms. The van der Waals surface area contributed by atoms with E-state index in [0.717, 1.165) is 32.5 Å². The van der Waals surface area contributed by atoms with Crippen LogP contribution in [0.25, 0.3) is 0 Å². The topological polar surface area (TPSA) is 78.2 Å². The van der Waals surface area contributed by atoms with E-state index in [1.54, 1.807) is 12.1 Å². The van der Waals surface area contributed by atoms with Gasteiger partial charge in [-0.3, -0.25) is 10.1 Å². The van der Waals surface area contributed by atoms with Gasteiger partial charge in [0.05, 0.1) is 11.0 Å². The Kier molecular flexibility index (Phi) is 5.11. The number of quaternary nitrogens is 1. The molecule has 1 aliphatic rings. The first-order chi connectivity index (χ1) is 9.25. The van der Waals surface area contributed by atoms with Crippen LogP contribution in [0.5, 0.6) is 5.75 Å². The average molecular weight is 267 g/mol. The van der Waals surface area contributed by atoms with Crippen molar-refractivity contribution in [3.8, 4) is 5.75 Å². The minimum atomic E-state index is -0.420. The van der Waals surface area contributed by atoms with E-state index in [1.807, 2.05) is 0 Å². The molecule has 1 aromatic carbocycles. The first-order valence-corrected chi connectivity index (χ1v) is 6.56. The fourth-order valence-electron chi connectivity index (χ4n) is 2.08. The number of benzene rings is 1. The number of rotatable bonds is 7. The van der Waals surface area contributed by atoms with E-state index in [2.05, 4.69) is 5.32 Å². The van der Waals surface area contributed by atoms with Gasteiger partial charge in [-0.15, -0.1) is 0 Å². The molecular formula is C13H19N2O4+. The zero-order chi connectivity index (χ0) is 13.5. The van der Waals surface area contributed by atoms with E-state index in [1.165, 1.54) is 12.1 Å². The highest BCUT2D eigenvalue weighted by molar-refractivity contribution is 5.37. The maximum Gasteiger partial charge on any atom is 0.273 e. The highest BCUT2D eigenvalue weighted by Gasteiger charge is 2.16. The number of hydrogen-bond donors (Lipinski definition) is 1. The van der Waals surface area contributed by atoms with Gasteiger partial charge < -0.3 is 14.8 Å². The van der Waals surface area contributed by atoms with Crippen LogP contribution in [0, 0.1) is 10.1 Å². The summed E-state index contributed by atoms with van der Waals surface area (Å²) >= 11 is 0. The third-order valence-corrected chi connectivity index (χ3v) is 3.07. The SMILES string of the molecule is O=[N+]([O-])c1cccc(OCC[NH2+]C[C@H]2CCCO2)c1. The number of non-ortho nitro benzene ring substituents is 1. The zero-order valence-corrected chi connectivity index (χ0v) is 10.8. The molecule has 104 valence electrons. The van der Waals surface area contributed by atoms with E-state index < -0.39 is 4.92 Å². The van der Waals surface area contributed by atoms with Crippen molar-refractivity contribution in [1.29, 1.82) is 0 Å². The van der Waals surface area contributed by atoms with E-state index in [0.29, 0.717) is 18.5 Å². The second-order valence-corrected chi connectivity index (χ2v) is 4.55. The maximum atomic E-state index is 10.6. The van der Waals surface area contributed by atoms with Gasteiger partial charge in [-0.05, 0) is 18.9 Å². The van der Waals surface area contributed by atoms with Crippen LogP contribution >= 0.6 is 0 Å². The van der Waals surface area contributed by atoms with Crippen LogP contribution in [0.15, 0.2) is 24.3 Å². The molecule has 1 fully saturated rings. The van der Waals surface area contributed by atoms with E-state index in [4.69, 9.17) is 9.47 Å². The number of nitrogens with zero attached hydrogens (tertiary/aromatic N) is 1. The number of nitro benzene ring substituents is 1. The fourth-order valence-corrected chi connectivity index (χ4v) is 2.08. The molecule has 0 bridgehead atoms. The Hall–Kier alpha value is -1.66. The highest BCUT2D eigenvalue weighted by Crippen LogP contribution is 2.18. The summed E-state index contributed by atoms with van der Waals surface area (Å²) in [6.45, 7) is 3.19. The lowest BCUT2D eigenvalue weighted by atomic mass is 10.2. The molecule has 0 aromatic heterocycles. The Bertz CT molecular complexity index is 419. The number of hydrogen-bond acceptors (Lipinski definition) is 4. The molecule has 0 aliphatic carbocycles. The molecule has 2 rings (SSSR count). The lowest BCUT2D eigenvalue weighted by Gasteiger charge is -2.08. The predicted molar refractivity (Wildman–Crippen MR) is 69.2 cm³/mol. The first-order valence-electron chi connectivity index (χ1n) is 6.56. The Balaban J connectivity index is 1.64. The van der Waals surface area contributed by atoms with Crippen molar-refractivity contribution in [1.82, 2.24) is 0 Å². The van der Waals surface area contributed by atoms with Crippen molar-refractivity contribution >= 4 is 5.69 Å². The molecule has 19 heavy (non-hydrogen) atoms. The van der Waals surface area contributed by atoms with Crippen molar-refractivity contribution in [3.05, 3.63) is 34.4 Å². The Morgan fingerprint density at radius 3 is 3.16 bits per heavy atom. The second kappa shape index (κ2) is 7.06. The molecule has 1 aromatic rings. The Morgan fingerprint density at radius 2 is 2.42 bits per heavy atom. The maximum absolute atomic E-state index is 10.6. The minimum Gasteiger partial charge on any atom is -0.487 e. The van der Waals surface area contributed by atoms with Gasteiger partial charge in [-0.1, -0.05) is 6.07 Å². The third kappa shape index (κ3) is 4.50. The van der Waals surface area contributed by atoms with Crippen LogP contribution in [0.4, 0.5) is 5.69 Å². The highest BCUT2D eigenvalue weighted by atomic mass is 16.6. The fraction of sp³-hybridized carbons (Fsp3) is 0.538. The van der Waals surface area contributed by atoms with Crippen molar-refractivity contribution in [3.63, 3.8) is 0 Å². The van der Waals surface area contributed by atoms with Crippen molar-refractivity contribution < 1.29 is 19.7 Å². The molecule has 6 heteroatoms. The largest absolute Gasteiger partial charge is 0.487 e. The number of nitrogens with two attached hydrogens (primary N) is 1. The first kappa shape index (κ1) is 13.8. The standard InChI is InChI=1S/C13H18N2O4/c16-15(17)11-3-1-4-12(9-11)19-8-6-14-10-13-5-2-7-18-13/h1,3-4,9,13-14H,2,5-8,10H2/p+1/t13-/m1/s1. The summed E-state index contributed by atoms with van der Waals surface area (Å²) in [5.41, 5.74) is 0.0563. The van der Waals surface area contributed by atoms with Gasteiger partial charge in [0.25, 0.3) is 5.69 Å². The summed E-state index contributed by atoms with van der Waals surface area (Å²) in [5, 5.41) is 12.8. The van der Waals surface area contributed by atoms with Gasteiger partial charge in [-0.2, -0.15) is 0 Å². The van der Waals surface area contributed by atoms with Crippen LogP contribution in [-0.4, -0.2) is 37.3 Å². The van der Waals surface area contributed by atoms with Crippen LogP contribution in [0.2, 0.25) is 0 Å². The van der Waals surface area contributed by atoms with E-state index in [9.17, 15) is 10.1 Å². The van der Waals surface area contributed by atoms with Gasteiger partial charge in [0.2, 0.25) is 0 Å². The Labute approximate surface area is 111 Å². The van der Waals surface area contributed by atoms with Gasteiger partial charge >= 0.3 is 0 Å². The van der Waals surface area contributed by atoms with Gasteiger partial charge in [-0.25, -0.2) is 0 Å². The van der Waals surface area contributed by atoms with Crippen molar-refractivity contribution in [2.75, 3.05) is 26.3 Å². The van der Waals surface area contributed by atoms with Crippen LogP contribution < -0.4 is 10.1 Å². The molecular weight excluding hydrogens is 248 g/mol. The van der Waals surface area contributed by atoms with E-state index in [-0.39, 0.29) is 5.69 Å². The molecule has 2 N–H and O–H groups in total. The van der Waals surface area contributed by atoms with Crippen molar-refractivity contribution in [2.45, 2.75) is 18.9 Å². The van der Waals surface area contributed by atoms with E-state index >= 15 is 0 Å². The average Bonchev–Trinajstić information content (AvgIpc) is 2.92. The number of nitro groups is 1. The third-order valence-electron chi connectivity index (χ3n) is 3.07. The molecule has 6 nitrogen and oxygen atoms in total. The summed E-state index contributed by atoms with van der Waals surface area (Å²) < 4.78 is 11.0. The smallest absolute Gasteiger partial charge is 0.273 e. The normalized spacial score (nSPS) is 18.4. The zero-order valence-electron chi connectivity index (χ0n) is 10.8. The van der Waals surface area contributed by atoms with Crippen LogP contribution in [0.1, 0.15) is 12.8 Å². The van der Waals surface area contributed by atoms with Gasteiger partial charge in [0.1, 0.15) is 31.5 Å². The summed E-state index contributed by atoms with van der Waals surface area (Å²) in [5.74, 6) is 0.541. The number of ether oxygens (including phenoxy) is 2. The molecule has 0 saturated carbocycles. The molecule has 0 radical (unpaired) electrons.